The molecule has 7 heteroatoms. The highest BCUT2D eigenvalue weighted by atomic mass is 79.9. The number of piperazine rings is 1. The van der Waals surface area contributed by atoms with Crippen LogP contribution < -0.4 is 5.32 Å². The maximum Gasteiger partial charge on any atom is 0.273 e. The van der Waals surface area contributed by atoms with Crippen LogP contribution >= 0.6 is 38.6 Å². The van der Waals surface area contributed by atoms with E-state index in [-0.39, 0.29) is 5.91 Å². The second kappa shape index (κ2) is 5.93. The van der Waals surface area contributed by atoms with Crippen molar-refractivity contribution in [1.82, 2.24) is 15.2 Å². The van der Waals surface area contributed by atoms with E-state index in [4.69, 9.17) is 0 Å². The lowest BCUT2D eigenvalue weighted by atomic mass is 10.2. The molecular formula is C13H14BrN3OS2. The van der Waals surface area contributed by atoms with Crippen LogP contribution in [-0.2, 0) is 0 Å². The number of halogens is 1. The number of hydrogen-bond acceptors (Lipinski definition) is 5. The van der Waals surface area contributed by atoms with Gasteiger partial charge >= 0.3 is 0 Å². The molecule has 0 radical (unpaired) electrons. The summed E-state index contributed by atoms with van der Waals surface area (Å²) in [5.41, 5.74) is 0.559. The van der Waals surface area contributed by atoms with E-state index in [1.807, 2.05) is 21.7 Å². The number of nitrogens with zero attached hydrogens (tertiary/aromatic N) is 2. The van der Waals surface area contributed by atoms with Crippen molar-refractivity contribution in [2.75, 3.05) is 19.6 Å². The number of carbonyl (C=O) groups is 1. The summed E-state index contributed by atoms with van der Waals surface area (Å²) in [5.74, 6) is 0.0384. The van der Waals surface area contributed by atoms with Crippen LogP contribution in [0, 0.1) is 0 Å². The lowest BCUT2D eigenvalue weighted by molar-refractivity contribution is 0.0704. The Balaban J connectivity index is 1.77. The predicted octanol–water partition coefficient (Wildman–Crippen LogP) is 3.07. The van der Waals surface area contributed by atoms with E-state index in [2.05, 4.69) is 33.2 Å². The molecule has 106 valence electrons. The summed E-state index contributed by atoms with van der Waals surface area (Å²) >= 11 is 6.59. The number of hydrogen-bond donors (Lipinski definition) is 1. The number of rotatable bonds is 2. The number of carbonyl (C=O) groups excluding carboxylic acids is 1. The molecule has 3 rings (SSSR count). The largest absolute Gasteiger partial charge is 0.334 e. The fourth-order valence-electron chi connectivity index (χ4n) is 2.19. The molecule has 2 aromatic heterocycles. The Kier molecular flexibility index (Phi) is 4.21. The molecule has 1 saturated heterocycles. The highest BCUT2D eigenvalue weighted by Crippen LogP contribution is 2.32. The van der Waals surface area contributed by atoms with E-state index < -0.39 is 0 Å². The summed E-state index contributed by atoms with van der Waals surface area (Å²) < 4.78 is 1.05. The van der Waals surface area contributed by atoms with Gasteiger partial charge in [0.1, 0.15) is 10.7 Å². The smallest absolute Gasteiger partial charge is 0.273 e. The van der Waals surface area contributed by atoms with Gasteiger partial charge in [-0.15, -0.1) is 22.7 Å². The average molecular weight is 372 g/mol. The van der Waals surface area contributed by atoms with Crippen LogP contribution in [0.4, 0.5) is 0 Å². The van der Waals surface area contributed by atoms with Gasteiger partial charge in [0, 0.05) is 40.9 Å². The Hall–Kier alpha value is -0.760. The Labute approximate surface area is 134 Å². The van der Waals surface area contributed by atoms with Crippen molar-refractivity contribution in [3.05, 3.63) is 27.0 Å². The van der Waals surface area contributed by atoms with Gasteiger partial charge in [0.25, 0.3) is 5.91 Å². The summed E-state index contributed by atoms with van der Waals surface area (Å²) in [5, 5.41) is 8.13. The first kappa shape index (κ1) is 14.2. The Bertz CT molecular complexity index is 625. The molecule has 3 heterocycles. The van der Waals surface area contributed by atoms with E-state index in [1.54, 1.807) is 11.3 Å². The fourth-order valence-corrected chi connectivity index (χ4v) is 4.49. The Morgan fingerprint density at radius 3 is 3.05 bits per heavy atom. The molecular weight excluding hydrogens is 358 g/mol. The lowest BCUT2D eigenvalue weighted by Crippen LogP contribution is -2.51. The summed E-state index contributed by atoms with van der Waals surface area (Å²) in [6, 6.07) is 2.38. The first-order valence-corrected chi connectivity index (χ1v) is 8.91. The molecule has 1 N–H and O–H groups in total. The summed E-state index contributed by atoms with van der Waals surface area (Å²) in [6.07, 6.45) is 0. The van der Waals surface area contributed by atoms with Gasteiger partial charge < -0.3 is 10.2 Å². The second-order valence-electron chi connectivity index (χ2n) is 4.77. The highest BCUT2D eigenvalue weighted by Gasteiger charge is 2.23. The molecule has 1 aliphatic rings. The number of thiazole rings is 1. The molecule has 0 aliphatic carbocycles. The van der Waals surface area contributed by atoms with Gasteiger partial charge in [0.15, 0.2) is 0 Å². The van der Waals surface area contributed by atoms with E-state index >= 15 is 0 Å². The minimum Gasteiger partial charge on any atom is -0.334 e. The molecule has 20 heavy (non-hydrogen) atoms. The molecule has 4 nitrogen and oxygen atoms in total. The molecule has 1 amide bonds. The van der Waals surface area contributed by atoms with E-state index in [9.17, 15) is 4.79 Å². The summed E-state index contributed by atoms with van der Waals surface area (Å²) in [7, 11) is 0. The fraction of sp³-hybridized carbons (Fsp3) is 0.385. The monoisotopic (exact) mass is 371 g/mol. The SMILES string of the molecule is CC1CN(C(=O)c2csc(-c3cc(Br)cs3)n2)CCN1. The van der Waals surface area contributed by atoms with Crippen molar-refractivity contribution in [3.63, 3.8) is 0 Å². The molecule has 1 unspecified atom stereocenters. The third-order valence-electron chi connectivity index (χ3n) is 3.16. The van der Waals surface area contributed by atoms with Gasteiger partial charge in [0.2, 0.25) is 0 Å². The third-order valence-corrected chi connectivity index (χ3v) is 5.86. The van der Waals surface area contributed by atoms with Crippen molar-refractivity contribution < 1.29 is 4.79 Å². The van der Waals surface area contributed by atoms with Crippen molar-refractivity contribution in [2.24, 2.45) is 0 Å². The normalized spacial score (nSPS) is 19.3. The van der Waals surface area contributed by atoms with Crippen molar-refractivity contribution in [2.45, 2.75) is 13.0 Å². The Morgan fingerprint density at radius 2 is 2.35 bits per heavy atom. The van der Waals surface area contributed by atoms with Crippen LogP contribution in [0.3, 0.4) is 0 Å². The number of aromatic nitrogens is 1. The van der Waals surface area contributed by atoms with Gasteiger partial charge in [0.05, 0.1) is 4.88 Å². The maximum atomic E-state index is 12.4. The zero-order chi connectivity index (χ0) is 14.1. The second-order valence-corrected chi connectivity index (χ2v) is 7.46. The van der Waals surface area contributed by atoms with E-state index in [0.717, 1.165) is 34.0 Å². The third kappa shape index (κ3) is 2.95. The van der Waals surface area contributed by atoms with Gasteiger partial charge in [-0.3, -0.25) is 4.79 Å². The number of amides is 1. The van der Waals surface area contributed by atoms with Crippen LogP contribution in [0.25, 0.3) is 9.88 Å². The zero-order valence-electron chi connectivity index (χ0n) is 10.9. The molecule has 0 saturated carbocycles. The van der Waals surface area contributed by atoms with Crippen LogP contribution in [0.5, 0.6) is 0 Å². The van der Waals surface area contributed by atoms with Gasteiger partial charge in [-0.1, -0.05) is 0 Å². The average Bonchev–Trinajstić information content (AvgIpc) is 3.06. The molecule has 2 aromatic rings. The minimum atomic E-state index is 0.0384. The molecule has 0 bridgehead atoms. The first-order valence-electron chi connectivity index (χ1n) is 6.36. The molecule has 1 fully saturated rings. The summed E-state index contributed by atoms with van der Waals surface area (Å²) in [4.78, 5) is 19.9. The Morgan fingerprint density at radius 1 is 1.50 bits per heavy atom. The quantitative estimate of drug-likeness (QED) is 0.881. The van der Waals surface area contributed by atoms with Crippen LogP contribution in [0.2, 0.25) is 0 Å². The van der Waals surface area contributed by atoms with Crippen LogP contribution in [-0.4, -0.2) is 41.5 Å². The maximum absolute atomic E-state index is 12.4. The van der Waals surface area contributed by atoms with Crippen LogP contribution in [0.15, 0.2) is 21.3 Å². The molecule has 0 spiro atoms. The first-order chi connectivity index (χ1) is 9.63. The standard InChI is InChI=1S/C13H14BrN3OS2/c1-8-5-17(3-2-15-8)13(18)10-7-20-12(16-10)11-4-9(14)6-19-11/h4,6-8,15H,2-3,5H2,1H3. The summed E-state index contributed by atoms with van der Waals surface area (Å²) in [6.45, 7) is 4.44. The van der Waals surface area contributed by atoms with Crippen molar-refractivity contribution in [1.29, 1.82) is 0 Å². The van der Waals surface area contributed by atoms with E-state index in [1.165, 1.54) is 11.3 Å². The van der Waals surface area contributed by atoms with Gasteiger partial charge in [-0.05, 0) is 28.9 Å². The molecule has 1 atom stereocenters. The van der Waals surface area contributed by atoms with Gasteiger partial charge in [-0.2, -0.15) is 0 Å². The molecule has 1 aliphatic heterocycles. The number of nitrogens with one attached hydrogen (secondary N) is 1. The van der Waals surface area contributed by atoms with Crippen molar-refractivity contribution >= 4 is 44.5 Å². The lowest BCUT2D eigenvalue weighted by Gasteiger charge is -2.31. The highest BCUT2D eigenvalue weighted by molar-refractivity contribution is 9.10. The minimum absolute atomic E-state index is 0.0384. The van der Waals surface area contributed by atoms with Crippen molar-refractivity contribution in [3.8, 4) is 9.88 Å². The zero-order valence-corrected chi connectivity index (χ0v) is 14.1. The van der Waals surface area contributed by atoms with Crippen LogP contribution in [0.1, 0.15) is 17.4 Å². The number of thiophene rings is 1. The molecule has 0 aromatic carbocycles. The van der Waals surface area contributed by atoms with E-state index in [0.29, 0.717) is 11.7 Å². The predicted molar refractivity (Wildman–Crippen MR) is 86.5 cm³/mol. The van der Waals surface area contributed by atoms with Gasteiger partial charge in [-0.25, -0.2) is 4.98 Å². The topological polar surface area (TPSA) is 45.2 Å².